The van der Waals surface area contributed by atoms with Crippen LogP contribution >= 0.6 is 11.6 Å². The Hall–Kier alpha value is -2.00. The summed E-state index contributed by atoms with van der Waals surface area (Å²) in [6.45, 7) is 0. The van der Waals surface area contributed by atoms with Gasteiger partial charge in [0.15, 0.2) is 0 Å². The minimum atomic E-state index is -1.00. The molecule has 2 aromatic carbocycles. The third-order valence-corrected chi connectivity index (χ3v) is 3.77. The van der Waals surface area contributed by atoms with Crippen LogP contribution in [-0.4, -0.2) is 11.1 Å². The van der Waals surface area contributed by atoms with E-state index in [1.165, 1.54) is 29.7 Å². The van der Waals surface area contributed by atoms with E-state index in [0.29, 0.717) is 10.8 Å². The van der Waals surface area contributed by atoms with E-state index >= 15 is 0 Å². The molecule has 102 valence electrons. The van der Waals surface area contributed by atoms with Crippen LogP contribution in [0.1, 0.15) is 27.9 Å². The van der Waals surface area contributed by atoms with Gasteiger partial charge in [0.05, 0.1) is 10.6 Å². The molecule has 0 saturated heterocycles. The summed E-state index contributed by atoms with van der Waals surface area (Å²) < 4.78 is 5.74. The van der Waals surface area contributed by atoms with Gasteiger partial charge < -0.3 is 9.84 Å². The highest BCUT2D eigenvalue weighted by Gasteiger charge is 2.13. The minimum absolute atomic E-state index is 0.149. The highest BCUT2D eigenvalue weighted by molar-refractivity contribution is 6.32. The molecule has 0 unspecified atom stereocenters. The molecule has 0 spiro atoms. The van der Waals surface area contributed by atoms with Crippen molar-refractivity contribution in [2.75, 3.05) is 0 Å². The highest BCUT2D eigenvalue weighted by atomic mass is 35.5. The van der Waals surface area contributed by atoms with Crippen LogP contribution in [0.3, 0.4) is 0 Å². The van der Waals surface area contributed by atoms with Crippen molar-refractivity contribution in [1.82, 2.24) is 0 Å². The van der Waals surface area contributed by atoms with Gasteiger partial charge in [-0.25, -0.2) is 4.79 Å². The first kappa shape index (κ1) is 13.0. The van der Waals surface area contributed by atoms with Gasteiger partial charge in [-0.2, -0.15) is 0 Å². The lowest BCUT2D eigenvalue weighted by Crippen LogP contribution is -1.96. The molecular weight excluding hydrogens is 276 g/mol. The highest BCUT2D eigenvalue weighted by Crippen LogP contribution is 2.32. The quantitative estimate of drug-likeness (QED) is 0.915. The van der Waals surface area contributed by atoms with Crippen molar-refractivity contribution in [2.45, 2.75) is 19.3 Å². The molecule has 4 heteroatoms. The number of carboxylic acids is 1. The van der Waals surface area contributed by atoms with Gasteiger partial charge in [-0.15, -0.1) is 0 Å². The molecule has 3 nitrogen and oxygen atoms in total. The van der Waals surface area contributed by atoms with Crippen molar-refractivity contribution in [3.63, 3.8) is 0 Å². The number of aromatic carboxylic acids is 1. The molecule has 0 saturated carbocycles. The van der Waals surface area contributed by atoms with Gasteiger partial charge in [-0.3, -0.25) is 0 Å². The average Bonchev–Trinajstić information content (AvgIpc) is 2.88. The van der Waals surface area contributed by atoms with Crippen molar-refractivity contribution in [3.05, 3.63) is 58.1 Å². The molecule has 0 amide bonds. The summed E-state index contributed by atoms with van der Waals surface area (Å²) in [4.78, 5) is 10.9. The number of rotatable bonds is 3. The van der Waals surface area contributed by atoms with E-state index in [0.717, 1.165) is 18.6 Å². The van der Waals surface area contributed by atoms with Crippen molar-refractivity contribution >= 4 is 17.6 Å². The fraction of sp³-hybridized carbons (Fsp3) is 0.188. The minimum Gasteiger partial charge on any atom is -0.478 e. The number of carboxylic acid groups (broad SMARTS) is 1. The molecule has 1 aliphatic rings. The molecular formula is C16H13ClO3. The van der Waals surface area contributed by atoms with Gasteiger partial charge in [0.25, 0.3) is 0 Å². The molecule has 0 radical (unpaired) electrons. The largest absolute Gasteiger partial charge is 0.478 e. The van der Waals surface area contributed by atoms with Crippen LogP contribution in [0.25, 0.3) is 0 Å². The normalized spacial score (nSPS) is 13.1. The lowest BCUT2D eigenvalue weighted by molar-refractivity contribution is 0.0697. The number of hydrogen-bond donors (Lipinski definition) is 1. The summed E-state index contributed by atoms with van der Waals surface area (Å²) in [5, 5.41) is 9.19. The summed E-state index contributed by atoms with van der Waals surface area (Å²) in [7, 11) is 0. The maximum Gasteiger partial charge on any atom is 0.335 e. The third kappa shape index (κ3) is 2.49. The molecule has 0 heterocycles. The van der Waals surface area contributed by atoms with Gasteiger partial charge in [-0.1, -0.05) is 17.7 Å². The van der Waals surface area contributed by atoms with E-state index in [9.17, 15) is 4.79 Å². The van der Waals surface area contributed by atoms with Gasteiger partial charge >= 0.3 is 5.97 Å². The Bertz CT molecular complexity index is 679. The standard InChI is InChI=1S/C16H13ClO3/c17-14-9-12(16(18)19)5-7-15(14)20-13-6-4-10-2-1-3-11(10)8-13/h4-9H,1-3H2,(H,18,19). The van der Waals surface area contributed by atoms with Crippen LogP contribution in [0.4, 0.5) is 0 Å². The Morgan fingerprint density at radius 3 is 2.65 bits per heavy atom. The summed E-state index contributed by atoms with van der Waals surface area (Å²) in [5.41, 5.74) is 2.85. The maximum atomic E-state index is 10.9. The SMILES string of the molecule is O=C(O)c1ccc(Oc2ccc3c(c2)CCC3)c(Cl)c1. The predicted molar refractivity (Wildman–Crippen MR) is 77.0 cm³/mol. The summed E-state index contributed by atoms with van der Waals surface area (Å²) in [6.07, 6.45) is 3.40. The summed E-state index contributed by atoms with van der Waals surface area (Å²) >= 11 is 6.05. The van der Waals surface area contributed by atoms with E-state index < -0.39 is 5.97 Å². The van der Waals surface area contributed by atoms with E-state index in [-0.39, 0.29) is 5.56 Å². The number of aryl methyl sites for hydroxylation is 2. The van der Waals surface area contributed by atoms with Gasteiger partial charge in [0, 0.05) is 0 Å². The third-order valence-electron chi connectivity index (χ3n) is 3.48. The monoisotopic (exact) mass is 288 g/mol. The molecule has 2 aromatic rings. The zero-order valence-electron chi connectivity index (χ0n) is 10.7. The second kappa shape index (κ2) is 5.17. The molecule has 1 aliphatic carbocycles. The second-order valence-corrected chi connectivity index (χ2v) is 5.24. The number of benzene rings is 2. The van der Waals surface area contributed by atoms with Crippen molar-refractivity contribution < 1.29 is 14.6 Å². The Kier molecular flexibility index (Phi) is 3.36. The van der Waals surface area contributed by atoms with Crippen LogP contribution in [-0.2, 0) is 12.8 Å². The van der Waals surface area contributed by atoms with Crippen LogP contribution < -0.4 is 4.74 Å². The van der Waals surface area contributed by atoms with E-state index in [1.54, 1.807) is 6.07 Å². The molecule has 1 N–H and O–H groups in total. The fourth-order valence-corrected chi connectivity index (χ4v) is 2.67. The molecule has 0 atom stereocenters. The molecule has 20 heavy (non-hydrogen) atoms. The van der Waals surface area contributed by atoms with E-state index in [1.807, 2.05) is 12.1 Å². The first-order valence-corrected chi connectivity index (χ1v) is 6.84. The Morgan fingerprint density at radius 2 is 1.90 bits per heavy atom. The van der Waals surface area contributed by atoms with Crippen LogP contribution in [0.2, 0.25) is 5.02 Å². The first-order valence-electron chi connectivity index (χ1n) is 6.46. The van der Waals surface area contributed by atoms with Gasteiger partial charge in [0.2, 0.25) is 0 Å². The van der Waals surface area contributed by atoms with Crippen LogP contribution in [0.15, 0.2) is 36.4 Å². The van der Waals surface area contributed by atoms with Crippen molar-refractivity contribution in [3.8, 4) is 11.5 Å². The zero-order chi connectivity index (χ0) is 14.1. The second-order valence-electron chi connectivity index (χ2n) is 4.84. The van der Waals surface area contributed by atoms with Crippen LogP contribution in [0.5, 0.6) is 11.5 Å². The lowest BCUT2D eigenvalue weighted by Gasteiger charge is -2.09. The van der Waals surface area contributed by atoms with Crippen molar-refractivity contribution in [1.29, 1.82) is 0 Å². The Morgan fingerprint density at radius 1 is 1.10 bits per heavy atom. The summed E-state index contributed by atoms with van der Waals surface area (Å²) in [6, 6.07) is 10.5. The van der Waals surface area contributed by atoms with Crippen LogP contribution in [0, 0.1) is 0 Å². The molecule has 0 aromatic heterocycles. The Labute approximate surface area is 121 Å². The number of carbonyl (C=O) groups is 1. The van der Waals surface area contributed by atoms with E-state index in [2.05, 4.69) is 6.07 Å². The molecule has 0 bridgehead atoms. The topological polar surface area (TPSA) is 46.5 Å². The number of halogens is 1. The number of fused-ring (bicyclic) bond motifs is 1. The average molecular weight is 289 g/mol. The molecule has 0 aliphatic heterocycles. The fourth-order valence-electron chi connectivity index (χ4n) is 2.46. The molecule has 0 fully saturated rings. The number of ether oxygens (including phenoxy) is 1. The predicted octanol–water partition coefficient (Wildman–Crippen LogP) is 4.32. The first-order chi connectivity index (χ1) is 9.63. The van der Waals surface area contributed by atoms with E-state index in [4.69, 9.17) is 21.4 Å². The summed E-state index contributed by atoms with van der Waals surface area (Å²) in [5.74, 6) is 0.196. The maximum absolute atomic E-state index is 10.9. The smallest absolute Gasteiger partial charge is 0.335 e. The molecule has 3 rings (SSSR count). The van der Waals surface area contributed by atoms with Crippen molar-refractivity contribution in [2.24, 2.45) is 0 Å². The Balaban J connectivity index is 1.86. The van der Waals surface area contributed by atoms with Gasteiger partial charge in [0.1, 0.15) is 11.5 Å². The zero-order valence-corrected chi connectivity index (χ0v) is 11.5. The lowest BCUT2D eigenvalue weighted by atomic mass is 10.1. The van der Waals surface area contributed by atoms with Gasteiger partial charge in [-0.05, 0) is 60.7 Å². The number of hydrogen-bond acceptors (Lipinski definition) is 2.